The number of carbonyl (C=O) groups is 2. The van der Waals surface area contributed by atoms with Crippen LogP contribution in [0.2, 0.25) is 0 Å². The van der Waals surface area contributed by atoms with Crippen LogP contribution in [0.5, 0.6) is 0 Å². The van der Waals surface area contributed by atoms with Gasteiger partial charge in [-0.05, 0) is 25.7 Å². The van der Waals surface area contributed by atoms with E-state index in [9.17, 15) is 9.59 Å². The zero-order valence-corrected chi connectivity index (χ0v) is 7.38. The summed E-state index contributed by atoms with van der Waals surface area (Å²) < 4.78 is 0. The lowest BCUT2D eigenvalue weighted by molar-refractivity contribution is -0.160. The molecule has 1 unspecified atom stereocenters. The minimum absolute atomic E-state index is 0.0841. The van der Waals surface area contributed by atoms with Gasteiger partial charge in [-0.15, -0.1) is 0 Å². The maximum atomic E-state index is 11.7. The van der Waals surface area contributed by atoms with Crippen LogP contribution >= 0.6 is 0 Å². The highest BCUT2D eigenvalue weighted by Gasteiger charge is 2.58. The molecule has 0 aromatic carbocycles. The summed E-state index contributed by atoms with van der Waals surface area (Å²) in [6.45, 7) is 0.781. The lowest BCUT2D eigenvalue weighted by atomic mass is 9.79. The third-order valence-electron chi connectivity index (χ3n) is 3.63. The largest absolute Gasteiger partial charge is 0.342 e. The Morgan fingerprint density at radius 2 is 2.23 bits per heavy atom. The fourth-order valence-corrected chi connectivity index (χ4v) is 2.93. The predicted molar refractivity (Wildman–Crippen MR) is 44.8 cm³/mol. The van der Waals surface area contributed by atoms with Gasteiger partial charge in [-0.2, -0.15) is 0 Å². The zero-order valence-electron chi connectivity index (χ0n) is 7.38. The molecule has 0 radical (unpaired) electrons. The summed E-state index contributed by atoms with van der Waals surface area (Å²) in [6, 6.07) is -0.215. The normalized spacial score (nSPS) is 42.2. The van der Waals surface area contributed by atoms with E-state index in [4.69, 9.17) is 0 Å². The first-order valence-corrected chi connectivity index (χ1v) is 4.86. The van der Waals surface area contributed by atoms with Crippen LogP contribution < -0.4 is 5.32 Å². The monoisotopic (exact) mass is 180 g/mol. The Bertz CT molecular complexity index is 300. The van der Waals surface area contributed by atoms with Gasteiger partial charge in [0.05, 0.1) is 0 Å². The molecule has 4 nitrogen and oxygen atoms in total. The van der Waals surface area contributed by atoms with Crippen LogP contribution in [0.1, 0.15) is 25.7 Å². The van der Waals surface area contributed by atoms with Gasteiger partial charge in [-0.1, -0.05) is 0 Å². The summed E-state index contributed by atoms with van der Waals surface area (Å²) in [5.74, 6) is 0.226. The number of carbonyl (C=O) groups excluding carboxylic acids is 2. The summed E-state index contributed by atoms with van der Waals surface area (Å²) in [4.78, 5) is 25.2. The Kier molecular flexibility index (Phi) is 1.16. The molecular weight excluding hydrogens is 168 g/mol. The van der Waals surface area contributed by atoms with Gasteiger partial charge in [0.2, 0.25) is 11.8 Å². The van der Waals surface area contributed by atoms with Gasteiger partial charge in [0.1, 0.15) is 11.6 Å². The molecule has 0 aliphatic carbocycles. The van der Waals surface area contributed by atoms with Crippen molar-refractivity contribution in [2.75, 3.05) is 6.54 Å². The molecule has 4 aliphatic heterocycles. The van der Waals surface area contributed by atoms with E-state index in [2.05, 4.69) is 5.32 Å². The Morgan fingerprint density at radius 1 is 1.38 bits per heavy atom. The number of piperazine rings is 1. The molecule has 4 rings (SSSR count). The SMILES string of the molecule is O=C1[C@H]2CCC3(CCCN13)C(=O)N2. The summed E-state index contributed by atoms with van der Waals surface area (Å²) in [7, 11) is 0. The standard InChI is InChI=1S/C9H12N2O2/c12-7-6-2-4-9(8(13)10-6)3-1-5-11(7)9/h6H,1-5H2,(H,10,13)/t6-,9?/m1/s1. The van der Waals surface area contributed by atoms with E-state index < -0.39 is 5.54 Å². The van der Waals surface area contributed by atoms with E-state index in [1.807, 2.05) is 0 Å². The van der Waals surface area contributed by atoms with Gasteiger partial charge in [0.25, 0.3) is 0 Å². The third kappa shape index (κ3) is 0.677. The predicted octanol–water partition coefficient (Wildman–Crippen LogP) is -0.360. The lowest BCUT2D eigenvalue weighted by Crippen LogP contribution is -2.72. The Morgan fingerprint density at radius 3 is 2.92 bits per heavy atom. The van der Waals surface area contributed by atoms with E-state index in [0.717, 1.165) is 32.2 Å². The third-order valence-corrected chi connectivity index (χ3v) is 3.63. The van der Waals surface area contributed by atoms with Crippen molar-refractivity contribution in [2.45, 2.75) is 37.3 Å². The minimum atomic E-state index is -0.439. The van der Waals surface area contributed by atoms with Gasteiger partial charge >= 0.3 is 0 Å². The second kappa shape index (κ2) is 2.05. The summed E-state index contributed by atoms with van der Waals surface area (Å²) >= 11 is 0. The summed E-state index contributed by atoms with van der Waals surface area (Å²) in [6.07, 6.45) is 3.54. The number of fused-ring (bicyclic) bond motifs is 2. The highest BCUT2D eigenvalue weighted by atomic mass is 16.2. The second-order valence-electron chi connectivity index (χ2n) is 4.19. The van der Waals surface area contributed by atoms with Crippen molar-refractivity contribution in [1.29, 1.82) is 0 Å². The number of amides is 2. The number of hydrogen-bond acceptors (Lipinski definition) is 2. The molecule has 2 amide bonds. The van der Waals surface area contributed by atoms with Crippen molar-refractivity contribution in [3.8, 4) is 0 Å². The second-order valence-corrected chi connectivity index (χ2v) is 4.19. The van der Waals surface area contributed by atoms with Crippen LogP contribution in [-0.2, 0) is 9.59 Å². The quantitative estimate of drug-likeness (QED) is 0.553. The Labute approximate surface area is 76.3 Å². The van der Waals surface area contributed by atoms with Crippen LogP contribution in [0.15, 0.2) is 0 Å². The zero-order chi connectivity index (χ0) is 9.05. The number of nitrogens with zero attached hydrogens (tertiary/aromatic N) is 1. The Hall–Kier alpha value is -1.06. The number of nitrogens with one attached hydrogen (secondary N) is 1. The van der Waals surface area contributed by atoms with Crippen molar-refractivity contribution in [3.63, 3.8) is 0 Å². The molecule has 0 saturated carbocycles. The van der Waals surface area contributed by atoms with Gasteiger partial charge in [-0.3, -0.25) is 9.59 Å². The van der Waals surface area contributed by atoms with E-state index in [1.165, 1.54) is 0 Å². The minimum Gasteiger partial charge on any atom is -0.342 e. The smallest absolute Gasteiger partial charge is 0.246 e. The van der Waals surface area contributed by atoms with Crippen molar-refractivity contribution in [1.82, 2.24) is 10.2 Å². The molecule has 4 heteroatoms. The number of piperidine rings is 2. The topological polar surface area (TPSA) is 49.4 Å². The first-order valence-electron chi connectivity index (χ1n) is 4.86. The first kappa shape index (κ1) is 7.35. The molecule has 0 aromatic heterocycles. The fraction of sp³-hybridized carbons (Fsp3) is 0.778. The average molecular weight is 180 g/mol. The van der Waals surface area contributed by atoms with Crippen LogP contribution in [0, 0.1) is 0 Å². The molecule has 1 spiro atoms. The molecule has 1 N–H and O–H groups in total. The van der Waals surface area contributed by atoms with Gasteiger partial charge in [0, 0.05) is 6.54 Å². The molecule has 4 saturated heterocycles. The summed E-state index contributed by atoms with van der Waals surface area (Å²) in [5.41, 5.74) is -0.439. The van der Waals surface area contributed by atoms with E-state index in [-0.39, 0.29) is 17.9 Å². The van der Waals surface area contributed by atoms with E-state index in [1.54, 1.807) is 4.90 Å². The fourth-order valence-electron chi connectivity index (χ4n) is 2.93. The van der Waals surface area contributed by atoms with E-state index in [0.29, 0.717) is 0 Å². The Balaban J connectivity index is 2.10. The van der Waals surface area contributed by atoms with Crippen LogP contribution in [0.3, 0.4) is 0 Å². The lowest BCUT2D eigenvalue weighted by Gasteiger charge is -2.49. The van der Waals surface area contributed by atoms with Crippen LogP contribution in [0.4, 0.5) is 0 Å². The maximum Gasteiger partial charge on any atom is 0.246 e. The molecule has 2 bridgehead atoms. The van der Waals surface area contributed by atoms with Crippen molar-refractivity contribution < 1.29 is 9.59 Å². The van der Waals surface area contributed by atoms with Gasteiger partial charge in [0.15, 0.2) is 0 Å². The molecule has 2 atom stereocenters. The van der Waals surface area contributed by atoms with Gasteiger partial charge < -0.3 is 10.2 Å². The molecule has 70 valence electrons. The van der Waals surface area contributed by atoms with Crippen LogP contribution in [-0.4, -0.2) is 34.8 Å². The van der Waals surface area contributed by atoms with Crippen molar-refractivity contribution >= 4 is 11.8 Å². The van der Waals surface area contributed by atoms with E-state index >= 15 is 0 Å². The molecule has 4 fully saturated rings. The molecule has 13 heavy (non-hydrogen) atoms. The first-order chi connectivity index (χ1) is 6.24. The maximum absolute atomic E-state index is 11.7. The molecular formula is C9H12N2O2. The number of rotatable bonds is 0. The average Bonchev–Trinajstić information content (AvgIpc) is 2.54. The van der Waals surface area contributed by atoms with Crippen LogP contribution in [0.25, 0.3) is 0 Å². The number of hydrogen-bond donors (Lipinski definition) is 1. The molecule has 0 aromatic rings. The molecule has 4 aliphatic rings. The highest BCUT2D eigenvalue weighted by Crippen LogP contribution is 2.41. The van der Waals surface area contributed by atoms with Gasteiger partial charge in [-0.25, -0.2) is 0 Å². The highest BCUT2D eigenvalue weighted by molar-refractivity contribution is 6.01. The van der Waals surface area contributed by atoms with Crippen molar-refractivity contribution in [2.24, 2.45) is 0 Å². The summed E-state index contributed by atoms with van der Waals surface area (Å²) in [5, 5.41) is 2.80. The molecule has 4 heterocycles. The van der Waals surface area contributed by atoms with Crippen molar-refractivity contribution in [3.05, 3.63) is 0 Å².